The minimum absolute atomic E-state index is 0.282. The van der Waals surface area contributed by atoms with Crippen LogP contribution < -0.4 is 5.32 Å². The summed E-state index contributed by atoms with van der Waals surface area (Å²) >= 11 is 1.80. The van der Waals surface area contributed by atoms with E-state index in [1.54, 1.807) is 17.7 Å². The van der Waals surface area contributed by atoms with Crippen molar-refractivity contribution < 1.29 is 0 Å². The number of hydrogen-bond donors (Lipinski definition) is 2. The lowest BCUT2D eigenvalue weighted by molar-refractivity contribution is 0.554. The molecule has 1 aliphatic rings. The zero-order valence-electron chi connectivity index (χ0n) is 8.58. The first-order valence-electron chi connectivity index (χ1n) is 5.15. The SMILES string of the molecule is Cc1cc(C2NCCc3[nH]cnc32)cs1. The van der Waals surface area contributed by atoms with Crippen LogP contribution in [0.15, 0.2) is 17.8 Å². The maximum absolute atomic E-state index is 4.41. The molecule has 78 valence electrons. The Labute approximate surface area is 92.6 Å². The average molecular weight is 219 g/mol. The smallest absolute Gasteiger partial charge is 0.0926 e. The maximum Gasteiger partial charge on any atom is 0.0926 e. The minimum atomic E-state index is 0.282. The summed E-state index contributed by atoms with van der Waals surface area (Å²) in [6.07, 6.45) is 2.85. The highest BCUT2D eigenvalue weighted by atomic mass is 32.1. The highest BCUT2D eigenvalue weighted by Gasteiger charge is 2.23. The van der Waals surface area contributed by atoms with Gasteiger partial charge in [-0.15, -0.1) is 11.3 Å². The van der Waals surface area contributed by atoms with Gasteiger partial charge in [0, 0.05) is 23.5 Å². The highest BCUT2D eigenvalue weighted by Crippen LogP contribution is 2.28. The average Bonchev–Trinajstić information content (AvgIpc) is 2.84. The van der Waals surface area contributed by atoms with Crippen molar-refractivity contribution >= 4 is 11.3 Å². The molecule has 4 heteroatoms. The van der Waals surface area contributed by atoms with Crippen molar-refractivity contribution in [1.82, 2.24) is 15.3 Å². The van der Waals surface area contributed by atoms with Crippen LogP contribution in [0.4, 0.5) is 0 Å². The van der Waals surface area contributed by atoms with Gasteiger partial charge in [-0.25, -0.2) is 4.98 Å². The predicted octanol–water partition coefficient (Wildman–Crippen LogP) is 2.01. The van der Waals surface area contributed by atoms with Gasteiger partial charge in [0.2, 0.25) is 0 Å². The maximum atomic E-state index is 4.41. The Kier molecular flexibility index (Phi) is 2.11. The van der Waals surface area contributed by atoms with Gasteiger partial charge in [0.25, 0.3) is 0 Å². The number of nitrogens with zero attached hydrogens (tertiary/aromatic N) is 1. The van der Waals surface area contributed by atoms with Gasteiger partial charge in [0.15, 0.2) is 0 Å². The first-order valence-corrected chi connectivity index (χ1v) is 6.03. The summed E-state index contributed by atoms with van der Waals surface area (Å²) < 4.78 is 0. The molecule has 3 rings (SSSR count). The van der Waals surface area contributed by atoms with E-state index in [-0.39, 0.29) is 6.04 Å². The molecule has 2 aromatic heterocycles. The fourth-order valence-corrected chi connectivity index (χ4v) is 2.84. The Hall–Kier alpha value is -1.13. The van der Waals surface area contributed by atoms with E-state index in [0.717, 1.165) is 13.0 Å². The number of aromatic nitrogens is 2. The van der Waals surface area contributed by atoms with Gasteiger partial charge in [-0.3, -0.25) is 0 Å². The van der Waals surface area contributed by atoms with Crippen LogP contribution >= 0.6 is 11.3 Å². The zero-order valence-corrected chi connectivity index (χ0v) is 9.40. The van der Waals surface area contributed by atoms with Crippen molar-refractivity contribution in [2.24, 2.45) is 0 Å². The number of fused-ring (bicyclic) bond motifs is 1. The normalized spacial score (nSPS) is 20.2. The molecule has 3 heterocycles. The topological polar surface area (TPSA) is 40.7 Å². The van der Waals surface area contributed by atoms with E-state index in [2.05, 4.69) is 33.7 Å². The van der Waals surface area contributed by atoms with Crippen molar-refractivity contribution in [3.8, 4) is 0 Å². The van der Waals surface area contributed by atoms with E-state index in [1.165, 1.54) is 21.8 Å². The van der Waals surface area contributed by atoms with E-state index >= 15 is 0 Å². The second-order valence-electron chi connectivity index (χ2n) is 3.89. The van der Waals surface area contributed by atoms with Crippen molar-refractivity contribution in [3.63, 3.8) is 0 Å². The lowest BCUT2D eigenvalue weighted by Crippen LogP contribution is -2.30. The van der Waals surface area contributed by atoms with Gasteiger partial charge in [0.1, 0.15) is 0 Å². The first-order chi connectivity index (χ1) is 7.34. The molecule has 1 unspecified atom stereocenters. The lowest BCUT2D eigenvalue weighted by Gasteiger charge is -2.22. The van der Waals surface area contributed by atoms with Gasteiger partial charge >= 0.3 is 0 Å². The third-order valence-electron chi connectivity index (χ3n) is 2.83. The largest absolute Gasteiger partial charge is 0.348 e. The molecule has 0 aromatic carbocycles. The number of aromatic amines is 1. The van der Waals surface area contributed by atoms with Crippen LogP contribution in [-0.4, -0.2) is 16.5 Å². The molecule has 15 heavy (non-hydrogen) atoms. The molecular weight excluding hydrogens is 206 g/mol. The Bertz CT molecular complexity index is 472. The molecule has 0 bridgehead atoms. The number of H-pyrrole nitrogens is 1. The summed E-state index contributed by atoms with van der Waals surface area (Å²) in [5, 5.41) is 5.73. The summed E-state index contributed by atoms with van der Waals surface area (Å²) in [6, 6.07) is 2.52. The van der Waals surface area contributed by atoms with Crippen LogP contribution in [0.5, 0.6) is 0 Å². The lowest BCUT2D eigenvalue weighted by atomic mass is 10.0. The van der Waals surface area contributed by atoms with Crippen molar-refractivity contribution in [2.45, 2.75) is 19.4 Å². The quantitative estimate of drug-likeness (QED) is 0.770. The third-order valence-corrected chi connectivity index (χ3v) is 3.71. The molecule has 0 saturated carbocycles. The van der Waals surface area contributed by atoms with Gasteiger partial charge < -0.3 is 10.3 Å². The minimum Gasteiger partial charge on any atom is -0.348 e. The van der Waals surface area contributed by atoms with Crippen molar-refractivity contribution in [3.05, 3.63) is 39.6 Å². The molecule has 0 radical (unpaired) electrons. The van der Waals surface area contributed by atoms with Crippen LogP contribution in [0.3, 0.4) is 0 Å². The Morgan fingerprint density at radius 2 is 2.47 bits per heavy atom. The summed E-state index contributed by atoms with van der Waals surface area (Å²) in [6.45, 7) is 3.16. The standard InChI is InChI=1S/C11H13N3S/c1-7-4-8(5-15-7)10-11-9(2-3-12-10)13-6-14-11/h4-6,10,12H,2-3H2,1H3,(H,13,14). The molecular formula is C11H13N3S. The summed E-state index contributed by atoms with van der Waals surface area (Å²) in [5.74, 6) is 0. The molecule has 0 amide bonds. The van der Waals surface area contributed by atoms with E-state index in [1.807, 2.05) is 0 Å². The predicted molar refractivity (Wildman–Crippen MR) is 61.2 cm³/mol. The number of rotatable bonds is 1. The van der Waals surface area contributed by atoms with Crippen LogP contribution in [0.1, 0.15) is 27.9 Å². The zero-order chi connectivity index (χ0) is 10.3. The molecule has 2 N–H and O–H groups in total. The Balaban J connectivity index is 2.02. The number of hydrogen-bond acceptors (Lipinski definition) is 3. The number of nitrogens with one attached hydrogen (secondary N) is 2. The van der Waals surface area contributed by atoms with E-state index in [4.69, 9.17) is 0 Å². The summed E-state index contributed by atoms with van der Waals surface area (Å²) in [4.78, 5) is 8.98. The van der Waals surface area contributed by atoms with Crippen molar-refractivity contribution in [2.75, 3.05) is 6.54 Å². The fraction of sp³-hybridized carbons (Fsp3) is 0.364. The molecule has 2 aromatic rings. The molecule has 0 spiro atoms. The van der Waals surface area contributed by atoms with Gasteiger partial charge in [-0.2, -0.15) is 0 Å². The van der Waals surface area contributed by atoms with Crippen LogP contribution in [-0.2, 0) is 6.42 Å². The fourth-order valence-electron chi connectivity index (χ4n) is 2.11. The Morgan fingerprint density at radius 1 is 1.53 bits per heavy atom. The second-order valence-corrected chi connectivity index (χ2v) is 5.01. The van der Waals surface area contributed by atoms with Crippen LogP contribution in [0, 0.1) is 6.92 Å². The molecule has 0 fully saturated rings. The number of imidazole rings is 1. The molecule has 0 aliphatic carbocycles. The highest BCUT2D eigenvalue weighted by molar-refractivity contribution is 7.10. The molecule has 3 nitrogen and oxygen atoms in total. The van der Waals surface area contributed by atoms with Gasteiger partial charge in [-0.05, 0) is 23.9 Å². The number of aryl methyl sites for hydroxylation is 1. The summed E-state index contributed by atoms with van der Waals surface area (Å²) in [5.41, 5.74) is 3.78. The van der Waals surface area contributed by atoms with Crippen LogP contribution in [0.2, 0.25) is 0 Å². The van der Waals surface area contributed by atoms with Crippen LogP contribution in [0.25, 0.3) is 0 Å². The van der Waals surface area contributed by atoms with E-state index in [0.29, 0.717) is 0 Å². The summed E-state index contributed by atoms with van der Waals surface area (Å²) in [7, 11) is 0. The Morgan fingerprint density at radius 3 is 3.27 bits per heavy atom. The van der Waals surface area contributed by atoms with E-state index < -0.39 is 0 Å². The third kappa shape index (κ3) is 1.50. The monoisotopic (exact) mass is 219 g/mol. The number of thiophene rings is 1. The first kappa shape index (κ1) is 9.12. The van der Waals surface area contributed by atoms with Gasteiger partial charge in [0.05, 0.1) is 18.1 Å². The van der Waals surface area contributed by atoms with Crippen molar-refractivity contribution in [1.29, 1.82) is 0 Å². The molecule has 1 aliphatic heterocycles. The molecule has 1 atom stereocenters. The molecule has 0 saturated heterocycles. The van der Waals surface area contributed by atoms with Gasteiger partial charge in [-0.1, -0.05) is 0 Å². The van der Waals surface area contributed by atoms with E-state index in [9.17, 15) is 0 Å². The second kappa shape index (κ2) is 3.47.